The lowest BCUT2D eigenvalue weighted by Gasteiger charge is -2.50. The van der Waals surface area contributed by atoms with E-state index in [1.165, 1.54) is 13.2 Å². The van der Waals surface area contributed by atoms with E-state index in [1.807, 2.05) is 26.0 Å². The van der Waals surface area contributed by atoms with Gasteiger partial charge in [-0.2, -0.15) is 0 Å². The highest BCUT2D eigenvalue weighted by molar-refractivity contribution is 5.90. The molecule has 31 heavy (non-hydrogen) atoms. The van der Waals surface area contributed by atoms with Gasteiger partial charge in [-0.25, -0.2) is 4.79 Å². The zero-order valence-electron chi connectivity index (χ0n) is 18.8. The Bertz CT molecular complexity index is 867. The van der Waals surface area contributed by atoms with Gasteiger partial charge in [0.2, 0.25) is 5.91 Å². The highest BCUT2D eigenvalue weighted by atomic mass is 16.7. The predicted molar refractivity (Wildman–Crippen MR) is 111 cm³/mol. The first kappa shape index (κ1) is 22.9. The summed E-state index contributed by atoms with van der Waals surface area (Å²) >= 11 is 0. The van der Waals surface area contributed by atoms with Gasteiger partial charge in [0.1, 0.15) is 23.6 Å². The fraction of sp³-hybridized carbons (Fsp3) is 0.545. The number of methoxy groups -OCH3 is 3. The molecular formula is C22H30N2O7. The molecule has 0 unspecified atom stereocenters. The number of esters is 1. The molecule has 9 heteroatoms. The molecule has 2 aliphatic rings. The average molecular weight is 434 g/mol. The van der Waals surface area contributed by atoms with Gasteiger partial charge in [-0.05, 0) is 32.9 Å². The third-order valence-electron chi connectivity index (χ3n) is 5.42. The lowest BCUT2D eigenvalue weighted by Crippen LogP contribution is -2.73. The summed E-state index contributed by atoms with van der Waals surface area (Å²) in [5.74, 6) is -0.0187. The van der Waals surface area contributed by atoms with Crippen molar-refractivity contribution in [2.24, 2.45) is 0 Å². The van der Waals surface area contributed by atoms with Crippen molar-refractivity contribution in [1.82, 2.24) is 10.2 Å². The summed E-state index contributed by atoms with van der Waals surface area (Å²) in [7, 11) is 4.47. The number of carbonyl (C=O) groups excluding carboxylic acids is 2. The molecule has 2 heterocycles. The molecule has 0 radical (unpaired) electrons. The predicted octanol–water partition coefficient (Wildman–Crippen LogP) is 1.60. The number of rotatable bonds is 8. The van der Waals surface area contributed by atoms with Gasteiger partial charge in [-0.15, -0.1) is 0 Å². The zero-order valence-corrected chi connectivity index (χ0v) is 18.8. The number of β-lactam (4-membered cyclic amide) rings is 1. The van der Waals surface area contributed by atoms with Crippen molar-refractivity contribution in [3.8, 4) is 11.5 Å². The van der Waals surface area contributed by atoms with Gasteiger partial charge in [0.05, 0.1) is 34.0 Å². The molecule has 0 aromatic heterocycles. The molecule has 9 nitrogen and oxygen atoms in total. The second-order valence-corrected chi connectivity index (χ2v) is 7.97. The van der Waals surface area contributed by atoms with E-state index in [2.05, 4.69) is 10.1 Å². The number of amides is 1. The van der Waals surface area contributed by atoms with Crippen molar-refractivity contribution < 1.29 is 33.3 Å². The van der Waals surface area contributed by atoms with Crippen LogP contribution in [0, 0.1) is 0 Å². The van der Waals surface area contributed by atoms with E-state index in [0.29, 0.717) is 30.3 Å². The fourth-order valence-electron chi connectivity index (χ4n) is 3.89. The maximum atomic E-state index is 13.1. The van der Waals surface area contributed by atoms with Gasteiger partial charge in [0, 0.05) is 29.9 Å². The number of hydrogen-bond donors (Lipinski definition) is 1. The Morgan fingerprint density at radius 2 is 2.03 bits per heavy atom. The van der Waals surface area contributed by atoms with Crippen LogP contribution in [-0.2, 0) is 30.3 Å². The van der Waals surface area contributed by atoms with Crippen molar-refractivity contribution in [3.05, 3.63) is 35.5 Å². The second kappa shape index (κ2) is 9.15. The van der Waals surface area contributed by atoms with Crippen LogP contribution in [0.1, 0.15) is 26.3 Å². The van der Waals surface area contributed by atoms with E-state index in [4.69, 9.17) is 18.9 Å². The van der Waals surface area contributed by atoms with Crippen LogP contribution in [0.4, 0.5) is 0 Å². The maximum Gasteiger partial charge on any atom is 0.332 e. The minimum absolute atomic E-state index is 0.103. The molecule has 170 valence electrons. The number of allylic oxidation sites excluding steroid dienone is 1. The van der Waals surface area contributed by atoms with Crippen LogP contribution in [0.25, 0.3) is 0 Å². The van der Waals surface area contributed by atoms with Gasteiger partial charge in [0.25, 0.3) is 0 Å². The normalized spacial score (nSPS) is 25.1. The van der Waals surface area contributed by atoms with Crippen molar-refractivity contribution in [2.75, 3.05) is 27.9 Å². The molecule has 3 rings (SSSR count). The molecule has 3 atom stereocenters. The van der Waals surface area contributed by atoms with Gasteiger partial charge in [0.15, 0.2) is 5.79 Å². The van der Waals surface area contributed by atoms with Gasteiger partial charge in [-0.1, -0.05) is 0 Å². The zero-order chi connectivity index (χ0) is 22.8. The molecule has 2 saturated heterocycles. The average Bonchev–Trinajstić information content (AvgIpc) is 3.10. The number of nitrogens with zero attached hydrogens (tertiary/aromatic N) is 1. The molecular weight excluding hydrogens is 404 g/mol. The summed E-state index contributed by atoms with van der Waals surface area (Å²) in [4.78, 5) is 26.3. The first-order valence-electron chi connectivity index (χ1n) is 10.0. The Kier molecular flexibility index (Phi) is 6.76. The molecule has 0 spiro atoms. The molecule has 1 N–H and O–H groups in total. The van der Waals surface area contributed by atoms with E-state index >= 15 is 0 Å². The summed E-state index contributed by atoms with van der Waals surface area (Å²) in [6.07, 6.45) is 0.996. The number of likely N-dealkylation sites (tertiary alicyclic amines) is 1. The van der Waals surface area contributed by atoms with Crippen LogP contribution in [0.2, 0.25) is 0 Å². The Morgan fingerprint density at radius 3 is 2.61 bits per heavy atom. The van der Waals surface area contributed by atoms with E-state index < -0.39 is 17.8 Å². The Labute approximate surface area is 182 Å². The molecule has 1 aromatic rings. The maximum absolute atomic E-state index is 13.1. The summed E-state index contributed by atoms with van der Waals surface area (Å²) in [6.45, 7) is 6.10. The van der Waals surface area contributed by atoms with Gasteiger partial charge < -0.3 is 33.9 Å². The first-order valence-corrected chi connectivity index (χ1v) is 10.0. The van der Waals surface area contributed by atoms with Crippen LogP contribution >= 0.6 is 0 Å². The smallest absolute Gasteiger partial charge is 0.332 e. The van der Waals surface area contributed by atoms with Crippen molar-refractivity contribution in [1.29, 1.82) is 0 Å². The van der Waals surface area contributed by atoms with Crippen molar-refractivity contribution >= 4 is 11.9 Å². The van der Waals surface area contributed by atoms with E-state index in [-0.39, 0.29) is 18.1 Å². The van der Waals surface area contributed by atoms with Crippen LogP contribution in [0.15, 0.2) is 30.0 Å². The van der Waals surface area contributed by atoms with Gasteiger partial charge >= 0.3 is 5.97 Å². The van der Waals surface area contributed by atoms with E-state index in [0.717, 1.165) is 5.56 Å². The summed E-state index contributed by atoms with van der Waals surface area (Å²) < 4.78 is 27.2. The lowest BCUT2D eigenvalue weighted by atomic mass is 9.89. The number of hydrogen-bond acceptors (Lipinski definition) is 8. The fourth-order valence-corrected chi connectivity index (χ4v) is 3.89. The number of carbonyl (C=O) groups is 2. The van der Waals surface area contributed by atoms with Crippen LogP contribution in [0.3, 0.4) is 0 Å². The molecule has 0 saturated carbocycles. The third-order valence-corrected chi connectivity index (χ3v) is 5.42. The highest BCUT2D eigenvalue weighted by Crippen LogP contribution is 2.36. The SMILES string of the molecule is COC(=O)/C=C(/C)N[C@@H]1C(=O)N(Cc2ccc(OC)cc2OC)[C@@H]1[C@@H]1COC(C)(C)O1. The summed E-state index contributed by atoms with van der Waals surface area (Å²) in [5.41, 5.74) is 1.38. The number of nitrogens with one attached hydrogen (secondary N) is 1. The van der Waals surface area contributed by atoms with Gasteiger partial charge in [-0.3, -0.25) is 4.79 Å². The van der Waals surface area contributed by atoms with E-state index in [9.17, 15) is 9.59 Å². The summed E-state index contributed by atoms with van der Waals surface area (Å²) in [6, 6.07) is 4.65. The molecule has 0 aliphatic carbocycles. The minimum atomic E-state index is -0.728. The third kappa shape index (κ3) is 4.94. The quantitative estimate of drug-likeness (QED) is 0.375. The van der Waals surface area contributed by atoms with E-state index in [1.54, 1.807) is 32.1 Å². The van der Waals surface area contributed by atoms with Crippen molar-refractivity contribution in [2.45, 2.75) is 51.3 Å². The largest absolute Gasteiger partial charge is 0.497 e. The Hall–Kier alpha value is -2.78. The number of benzene rings is 1. The molecule has 1 aromatic carbocycles. The molecule has 0 bridgehead atoms. The molecule has 1 amide bonds. The van der Waals surface area contributed by atoms with Crippen LogP contribution in [-0.4, -0.2) is 68.7 Å². The number of ether oxygens (including phenoxy) is 5. The minimum Gasteiger partial charge on any atom is -0.497 e. The van der Waals surface area contributed by atoms with Crippen LogP contribution < -0.4 is 14.8 Å². The topological polar surface area (TPSA) is 95.6 Å². The van der Waals surface area contributed by atoms with Crippen molar-refractivity contribution in [3.63, 3.8) is 0 Å². The highest BCUT2D eigenvalue weighted by Gasteiger charge is 2.54. The Balaban J connectivity index is 1.83. The molecule has 2 fully saturated rings. The summed E-state index contributed by atoms with van der Waals surface area (Å²) in [5, 5.41) is 3.13. The van der Waals surface area contributed by atoms with Crippen LogP contribution in [0.5, 0.6) is 11.5 Å². The standard InChI is InChI=1S/C22H30N2O7/c1-13(9-18(25)29-6)23-19-20(17-12-30-22(2,3)31-17)24(21(19)26)11-14-7-8-15(27-4)10-16(14)28-5/h7-10,17,19-20,23H,11-12H2,1-6H3/b13-9-/t17-,19-,20+/m0/s1. The monoisotopic (exact) mass is 434 g/mol. The second-order valence-electron chi connectivity index (χ2n) is 7.97. The first-order chi connectivity index (χ1) is 14.7. The lowest BCUT2D eigenvalue weighted by molar-refractivity contribution is -0.174. The Morgan fingerprint density at radius 1 is 1.29 bits per heavy atom. The molecule has 2 aliphatic heterocycles.